The van der Waals surface area contributed by atoms with Crippen molar-refractivity contribution >= 4 is 11.8 Å². The molecule has 1 nitrogen and oxygen atoms in total. The molecule has 0 amide bonds. The third-order valence-electron chi connectivity index (χ3n) is 2.73. The molecule has 0 saturated heterocycles. The highest BCUT2D eigenvalue weighted by Gasteiger charge is 2.02. The van der Waals surface area contributed by atoms with Crippen LogP contribution in [0.15, 0.2) is 58.5 Å². The lowest BCUT2D eigenvalue weighted by Crippen LogP contribution is -2.06. The maximum atomic E-state index is 9.98. The highest BCUT2D eigenvalue weighted by atomic mass is 32.2. The van der Waals surface area contributed by atoms with Crippen LogP contribution in [-0.2, 0) is 0 Å². The van der Waals surface area contributed by atoms with Crippen molar-refractivity contribution in [2.24, 2.45) is 0 Å². The van der Waals surface area contributed by atoms with Crippen molar-refractivity contribution in [1.29, 1.82) is 0 Å². The van der Waals surface area contributed by atoms with E-state index in [1.54, 1.807) is 11.8 Å². The Labute approximate surface area is 121 Å². The molecule has 1 N–H and O–H groups in total. The minimum absolute atomic E-state index is 0.364. The van der Waals surface area contributed by atoms with E-state index in [0.717, 1.165) is 12.8 Å². The molecule has 0 aliphatic carbocycles. The van der Waals surface area contributed by atoms with E-state index in [1.165, 1.54) is 16.0 Å². The first-order valence-corrected chi connectivity index (χ1v) is 7.73. The molecule has 0 fully saturated rings. The molecule has 1 unspecified atom stereocenters. The minimum Gasteiger partial charge on any atom is -0.388 e. The number of aliphatic hydroxyl groups is 1. The Hall–Kier alpha value is -0.990. The molecule has 0 aliphatic rings. The molecule has 1 rings (SSSR count). The summed E-state index contributed by atoms with van der Waals surface area (Å²) in [4.78, 5) is 1.21. The zero-order valence-corrected chi connectivity index (χ0v) is 12.9. The van der Waals surface area contributed by atoms with Gasteiger partial charge in [-0.2, -0.15) is 0 Å². The highest BCUT2D eigenvalue weighted by Crippen LogP contribution is 2.19. The van der Waals surface area contributed by atoms with Crippen molar-refractivity contribution in [3.8, 4) is 0 Å². The zero-order chi connectivity index (χ0) is 14.1. The summed E-state index contributed by atoms with van der Waals surface area (Å²) in [5, 5.41) is 9.98. The minimum atomic E-state index is -0.364. The summed E-state index contributed by atoms with van der Waals surface area (Å²) in [6, 6.07) is 10.2. The maximum absolute atomic E-state index is 9.98. The number of hydrogen-bond acceptors (Lipinski definition) is 2. The summed E-state index contributed by atoms with van der Waals surface area (Å²) >= 11 is 1.69. The third kappa shape index (κ3) is 7.91. The van der Waals surface area contributed by atoms with Crippen LogP contribution in [0.1, 0.15) is 33.6 Å². The first kappa shape index (κ1) is 16.1. The predicted octanol–water partition coefficient (Wildman–Crippen LogP) is 4.83. The van der Waals surface area contributed by atoms with Crippen molar-refractivity contribution in [2.45, 2.75) is 44.6 Å². The maximum Gasteiger partial charge on any atom is 0.0817 e. The van der Waals surface area contributed by atoms with Crippen LogP contribution in [0.5, 0.6) is 0 Å². The summed E-state index contributed by atoms with van der Waals surface area (Å²) in [5.41, 5.74) is 2.62. The second-order valence-corrected chi connectivity index (χ2v) is 6.12. The summed E-state index contributed by atoms with van der Waals surface area (Å²) in [7, 11) is 0. The largest absolute Gasteiger partial charge is 0.388 e. The van der Waals surface area contributed by atoms with Gasteiger partial charge in [-0.05, 0) is 45.7 Å². The van der Waals surface area contributed by atoms with E-state index in [0.29, 0.717) is 5.75 Å². The summed E-state index contributed by atoms with van der Waals surface area (Å²) in [5.74, 6) is 0.712. The van der Waals surface area contributed by atoms with Crippen LogP contribution in [-0.4, -0.2) is 17.0 Å². The molecular formula is C17H24OS. The van der Waals surface area contributed by atoms with Crippen molar-refractivity contribution in [3.63, 3.8) is 0 Å². The van der Waals surface area contributed by atoms with Gasteiger partial charge in [-0.25, -0.2) is 0 Å². The SMILES string of the molecule is CC(C)=CCC/C(C)=C\C(O)CSc1ccccc1. The molecule has 0 aliphatic heterocycles. The van der Waals surface area contributed by atoms with Gasteiger partial charge in [0, 0.05) is 10.6 Å². The summed E-state index contributed by atoms with van der Waals surface area (Å²) in [6.45, 7) is 6.32. The van der Waals surface area contributed by atoms with E-state index < -0.39 is 0 Å². The van der Waals surface area contributed by atoms with Crippen molar-refractivity contribution in [2.75, 3.05) is 5.75 Å². The van der Waals surface area contributed by atoms with Crippen LogP contribution in [0, 0.1) is 0 Å². The number of rotatable bonds is 7. The molecule has 0 radical (unpaired) electrons. The third-order valence-corrected chi connectivity index (χ3v) is 3.85. The van der Waals surface area contributed by atoms with Gasteiger partial charge in [-0.3, -0.25) is 0 Å². The quantitative estimate of drug-likeness (QED) is 0.568. The van der Waals surface area contributed by atoms with E-state index in [9.17, 15) is 5.11 Å². The highest BCUT2D eigenvalue weighted by molar-refractivity contribution is 7.99. The monoisotopic (exact) mass is 276 g/mol. The number of benzene rings is 1. The lowest BCUT2D eigenvalue weighted by Gasteiger charge is -2.07. The molecule has 1 aromatic carbocycles. The molecule has 0 spiro atoms. The van der Waals surface area contributed by atoms with Crippen molar-refractivity contribution < 1.29 is 5.11 Å². The fourth-order valence-corrected chi connectivity index (χ4v) is 2.56. The normalized spacial score (nSPS) is 13.2. The Kier molecular flexibility index (Phi) is 7.61. The molecular weight excluding hydrogens is 252 g/mol. The molecule has 1 aromatic rings. The Morgan fingerprint density at radius 1 is 1.21 bits per heavy atom. The van der Waals surface area contributed by atoms with E-state index in [1.807, 2.05) is 24.3 Å². The van der Waals surface area contributed by atoms with Gasteiger partial charge in [0.15, 0.2) is 0 Å². The molecule has 0 aromatic heterocycles. The average Bonchev–Trinajstić information content (AvgIpc) is 2.37. The Morgan fingerprint density at radius 3 is 2.53 bits per heavy atom. The molecule has 104 valence electrons. The second kappa shape index (κ2) is 9.00. The van der Waals surface area contributed by atoms with E-state index in [-0.39, 0.29) is 6.10 Å². The van der Waals surface area contributed by atoms with Gasteiger partial charge in [-0.15, -0.1) is 11.8 Å². The first-order chi connectivity index (χ1) is 9.08. The Bertz CT molecular complexity index is 416. The van der Waals surface area contributed by atoms with E-state index in [2.05, 4.69) is 39.0 Å². The van der Waals surface area contributed by atoms with Crippen LogP contribution in [0.4, 0.5) is 0 Å². The average molecular weight is 276 g/mol. The fraction of sp³-hybridized carbons (Fsp3) is 0.412. The van der Waals surface area contributed by atoms with Crippen LogP contribution in [0.3, 0.4) is 0 Å². The molecule has 0 saturated carbocycles. The lowest BCUT2D eigenvalue weighted by molar-refractivity contribution is 0.247. The molecule has 0 heterocycles. The van der Waals surface area contributed by atoms with Gasteiger partial charge in [0.2, 0.25) is 0 Å². The van der Waals surface area contributed by atoms with Crippen LogP contribution in [0.2, 0.25) is 0 Å². The van der Waals surface area contributed by atoms with Gasteiger partial charge >= 0.3 is 0 Å². The van der Waals surface area contributed by atoms with Gasteiger partial charge in [-0.1, -0.05) is 41.5 Å². The van der Waals surface area contributed by atoms with Crippen molar-refractivity contribution in [3.05, 3.63) is 53.6 Å². The van der Waals surface area contributed by atoms with Gasteiger partial charge in [0.25, 0.3) is 0 Å². The second-order valence-electron chi connectivity index (χ2n) is 5.02. The Balaban J connectivity index is 2.33. The fourth-order valence-electron chi connectivity index (χ4n) is 1.75. The Morgan fingerprint density at radius 2 is 1.89 bits per heavy atom. The molecule has 19 heavy (non-hydrogen) atoms. The smallest absolute Gasteiger partial charge is 0.0817 e. The van der Waals surface area contributed by atoms with Gasteiger partial charge in [0.1, 0.15) is 0 Å². The van der Waals surface area contributed by atoms with Gasteiger partial charge < -0.3 is 5.11 Å². The molecule has 2 heteroatoms. The molecule has 1 atom stereocenters. The first-order valence-electron chi connectivity index (χ1n) is 6.74. The predicted molar refractivity (Wildman–Crippen MR) is 85.6 cm³/mol. The van der Waals surface area contributed by atoms with Gasteiger partial charge in [0.05, 0.1) is 6.10 Å². The number of thioether (sulfide) groups is 1. The van der Waals surface area contributed by atoms with E-state index in [4.69, 9.17) is 0 Å². The van der Waals surface area contributed by atoms with Crippen molar-refractivity contribution in [1.82, 2.24) is 0 Å². The standard InChI is InChI=1S/C17H24OS/c1-14(2)8-7-9-15(3)12-16(18)13-19-17-10-5-4-6-11-17/h4-6,8,10-12,16,18H,7,9,13H2,1-3H3/b15-12-. The van der Waals surface area contributed by atoms with E-state index >= 15 is 0 Å². The molecule has 0 bridgehead atoms. The number of allylic oxidation sites excluding steroid dienone is 3. The lowest BCUT2D eigenvalue weighted by atomic mass is 10.1. The zero-order valence-electron chi connectivity index (χ0n) is 12.1. The summed E-state index contributed by atoms with van der Waals surface area (Å²) < 4.78 is 0. The topological polar surface area (TPSA) is 20.2 Å². The summed E-state index contributed by atoms with van der Waals surface area (Å²) in [6.07, 6.45) is 5.94. The number of hydrogen-bond donors (Lipinski definition) is 1. The van der Waals surface area contributed by atoms with Crippen LogP contribution in [0.25, 0.3) is 0 Å². The van der Waals surface area contributed by atoms with Crippen LogP contribution < -0.4 is 0 Å². The number of aliphatic hydroxyl groups excluding tert-OH is 1. The van der Waals surface area contributed by atoms with Crippen LogP contribution >= 0.6 is 11.8 Å².